The number of aliphatic hydroxyl groups excluding tert-OH is 11. The van der Waals surface area contributed by atoms with Gasteiger partial charge in [0.25, 0.3) is 0 Å². The van der Waals surface area contributed by atoms with E-state index in [1.54, 1.807) is 0 Å². The van der Waals surface area contributed by atoms with Gasteiger partial charge < -0.3 is 89.9 Å². The minimum Gasteiger partial charge on any atom is -0.394 e. The maximum atomic E-state index is 13.3. The molecule has 0 radical (unpaired) electrons. The molecule has 86 heavy (non-hydrogen) atoms. The van der Waals surface area contributed by atoms with Crippen LogP contribution in [0.25, 0.3) is 0 Å². The van der Waals surface area contributed by atoms with Crippen LogP contribution in [0.3, 0.4) is 0 Å². The van der Waals surface area contributed by atoms with Crippen LogP contribution in [-0.2, 0) is 33.2 Å². The normalized spacial score (nSPS) is 28.7. The molecule has 19 heteroatoms. The smallest absolute Gasteiger partial charge is 0.220 e. The van der Waals surface area contributed by atoms with E-state index < -0.39 is 124 Å². The zero-order valence-electron chi connectivity index (χ0n) is 53.8. The Morgan fingerprint density at radius 2 is 0.663 bits per heavy atom. The molecular weight excluding hydrogens is 1110 g/mol. The molecule has 17 unspecified atom stereocenters. The van der Waals surface area contributed by atoms with E-state index in [9.17, 15) is 61.0 Å². The minimum atomic E-state index is -1.97. The number of nitrogens with one attached hydrogen (secondary N) is 1. The van der Waals surface area contributed by atoms with Crippen LogP contribution in [0, 0.1) is 0 Å². The van der Waals surface area contributed by atoms with Crippen molar-refractivity contribution in [3.8, 4) is 0 Å². The summed E-state index contributed by atoms with van der Waals surface area (Å²) in [6.45, 7) is 1.80. The van der Waals surface area contributed by atoms with Crippen LogP contribution in [0.15, 0.2) is 0 Å². The minimum absolute atomic E-state index is 0.242. The van der Waals surface area contributed by atoms with Crippen molar-refractivity contribution >= 4 is 5.91 Å². The van der Waals surface area contributed by atoms with Gasteiger partial charge in [0.2, 0.25) is 5.91 Å². The molecule has 0 spiro atoms. The largest absolute Gasteiger partial charge is 0.394 e. The lowest BCUT2D eigenvalue weighted by Crippen LogP contribution is -2.66. The van der Waals surface area contributed by atoms with Gasteiger partial charge in [-0.05, 0) is 12.8 Å². The van der Waals surface area contributed by atoms with Crippen molar-refractivity contribution in [3.05, 3.63) is 0 Å². The second kappa shape index (κ2) is 50.4. The first-order chi connectivity index (χ1) is 41.8. The molecule has 0 aliphatic carbocycles. The summed E-state index contributed by atoms with van der Waals surface area (Å²) in [6.07, 6.45) is 26.7. The lowest BCUT2D eigenvalue weighted by atomic mass is 9.96. The summed E-state index contributed by atoms with van der Waals surface area (Å²) in [7, 11) is 0. The van der Waals surface area contributed by atoms with E-state index >= 15 is 0 Å². The number of hydrogen-bond acceptors (Lipinski definition) is 18. The van der Waals surface area contributed by atoms with Gasteiger partial charge in [-0.3, -0.25) is 4.79 Å². The quantitative estimate of drug-likeness (QED) is 0.0253. The van der Waals surface area contributed by atoms with Crippen LogP contribution >= 0.6 is 0 Å². The van der Waals surface area contributed by atoms with Gasteiger partial charge >= 0.3 is 0 Å². The maximum absolute atomic E-state index is 13.3. The van der Waals surface area contributed by atoms with Gasteiger partial charge in [-0.2, -0.15) is 0 Å². The van der Waals surface area contributed by atoms with Crippen LogP contribution in [-0.4, -0.2) is 193 Å². The average Bonchev–Trinajstić information content (AvgIpc) is 1.38. The summed E-state index contributed by atoms with van der Waals surface area (Å²) in [5, 5.41) is 120. The third-order valence-electron chi connectivity index (χ3n) is 18.2. The molecule has 0 bridgehead atoms. The fourth-order valence-corrected chi connectivity index (χ4v) is 12.4. The predicted molar refractivity (Wildman–Crippen MR) is 333 cm³/mol. The summed E-state index contributed by atoms with van der Waals surface area (Å²) in [4.78, 5) is 13.3. The molecule has 12 N–H and O–H groups in total. The lowest BCUT2D eigenvalue weighted by molar-refractivity contribution is -0.379. The summed E-state index contributed by atoms with van der Waals surface area (Å²) in [5.74, 6) is -0.242. The molecule has 0 aromatic rings. The average molecular weight is 1240 g/mol. The van der Waals surface area contributed by atoms with Gasteiger partial charge in [0.15, 0.2) is 18.9 Å². The zero-order valence-corrected chi connectivity index (χ0v) is 53.8. The summed E-state index contributed by atoms with van der Waals surface area (Å²) in [6, 6.07) is -0.880. The SMILES string of the molecule is CCCCCCCCCCCCCCCCCCCCCCCCCCCCCCCCCCC(O)C(COC1OC(CO)C(OC2OC(CO)C(OC3OC(CO)C(O)C(O)C3O)C(O)C2O)C(O)C1O)NC(=O)CCCCCCCCCCC. The molecule has 1 amide bonds. The molecule has 3 aliphatic rings. The maximum Gasteiger partial charge on any atom is 0.220 e. The second-order valence-corrected chi connectivity index (χ2v) is 25.7. The molecule has 0 saturated carbocycles. The lowest BCUT2D eigenvalue weighted by Gasteiger charge is -2.48. The van der Waals surface area contributed by atoms with E-state index in [0.717, 1.165) is 44.9 Å². The number of aliphatic hydroxyl groups is 11. The monoisotopic (exact) mass is 1240 g/mol. The first kappa shape index (κ1) is 79.0. The van der Waals surface area contributed by atoms with Crippen LogP contribution < -0.4 is 5.32 Å². The Hall–Kier alpha value is -1.21. The van der Waals surface area contributed by atoms with Crippen molar-refractivity contribution in [1.29, 1.82) is 0 Å². The van der Waals surface area contributed by atoms with Gasteiger partial charge in [-0.25, -0.2) is 0 Å². The fourth-order valence-electron chi connectivity index (χ4n) is 12.4. The molecular formula is C67H129NO18. The summed E-state index contributed by atoms with van der Waals surface area (Å²) < 4.78 is 34.3. The third-order valence-corrected chi connectivity index (χ3v) is 18.2. The zero-order chi connectivity index (χ0) is 62.6. The number of carbonyl (C=O) groups is 1. The molecule has 3 aliphatic heterocycles. The molecule has 3 saturated heterocycles. The number of hydrogen-bond donors (Lipinski definition) is 12. The first-order valence-electron chi connectivity index (χ1n) is 35.3. The Morgan fingerprint density at radius 1 is 0.372 bits per heavy atom. The van der Waals surface area contributed by atoms with Crippen molar-refractivity contribution in [3.63, 3.8) is 0 Å². The summed E-state index contributed by atoms with van der Waals surface area (Å²) >= 11 is 0. The van der Waals surface area contributed by atoms with E-state index in [2.05, 4.69) is 19.2 Å². The van der Waals surface area contributed by atoms with Crippen LogP contribution in [0.1, 0.15) is 290 Å². The highest BCUT2D eigenvalue weighted by Crippen LogP contribution is 2.33. The number of unbranched alkanes of at least 4 members (excludes halogenated alkanes) is 39. The van der Waals surface area contributed by atoms with Crippen molar-refractivity contribution in [2.24, 2.45) is 0 Å². The molecule has 0 aromatic heterocycles. The first-order valence-corrected chi connectivity index (χ1v) is 35.3. The Bertz CT molecular complexity index is 1570. The summed E-state index contributed by atoms with van der Waals surface area (Å²) in [5.41, 5.74) is 0. The predicted octanol–water partition coefficient (Wildman–Crippen LogP) is 9.11. The Labute approximate surface area is 519 Å². The van der Waals surface area contributed by atoms with E-state index in [1.165, 1.54) is 212 Å². The Morgan fingerprint density at radius 3 is 1.01 bits per heavy atom. The van der Waals surface area contributed by atoms with Gasteiger partial charge in [0, 0.05) is 6.42 Å². The second-order valence-electron chi connectivity index (χ2n) is 25.7. The molecule has 510 valence electrons. The van der Waals surface area contributed by atoms with Gasteiger partial charge in [-0.1, -0.05) is 271 Å². The molecule has 3 rings (SSSR count). The Kier molecular flexibility index (Phi) is 46.3. The molecule has 19 nitrogen and oxygen atoms in total. The van der Waals surface area contributed by atoms with Crippen LogP contribution in [0.4, 0.5) is 0 Å². The highest BCUT2D eigenvalue weighted by atomic mass is 16.8. The number of rotatable bonds is 55. The highest BCUT2D eigenvalue weighted by molar-refractivity contribution is 5.76. The van der Waals surface area contributed by atoms with Gasteiger partial charge in [0.1, 0.15) is 73.2 Å². The molecule has 0 aromatic carbocycles. The van der Waals surface area contributed by atoms with Crippen molar-refractivity contribution < 1.29 is 89.4 Å². The fraction of sp³-hybridized carbons (Fsp3) is 0.985. The van der Waals surface area contributed by atoms with E-state index in [-0.39, 0.29) is 18.9 Å². The van der Waals surface area contributed by atoms with E-state index in [1.807, 2.05) is 0 Å². The van der Waals surface area contributed by atoms with Crippen molar-refractivity contribution in [2.75, 3.05) is 26.4 Å². The van der Waals surface area contributed by atoms with Crippen molar-refractivity contribution in [2.45, 2.75) is 394 Å². The third kappa shape index (κ3) is 32.4. The highest BCUT2D eigenvalue weighted by Gasteiger charge is 2.53. The number of carbonyl (C=O) groups excluding carboxylic acids is 1. The standard InChI is InChI=1S/C67H129NO18/c1-3-5-7-9-11-13-14-15-16-17-18-19-20-21-22-23-24-25-26-27-28-29-30-31-32-33-34-35-37-38-40-42-44-51(72)50(68-55(73)45-43-41-39-36-12-10-8-6-4-2)49-81-65-61(79)58(76)63(53(47-70)83-65)86-67-62(80)59(77)64(54(48-71)84-67)85-66-60(78)57(75)56(74)52(46-69)82-66/h50-54,56-67,69-72,74-80H,3-49H2,1-2H3,(H,68,73). The molecule has 17 atom stereocenters. The van der Waals surface area contributed by atoms with Crippen molar-refractivity contribution in [1.82, 2.24) is 5.32 Å². The number of amides is 1. The van der Waals surface area contributed by atoms with Crippen LogP contribution in [0.2, 0.25) is 0 Å². The molecule has 3 fully saturated rings. The number of ether oxygens (including phenoxy) is 6. The Balaban J connectivity index is 1.32. The van der Waals surface area contributed by atoms with Gasteiger partial charge in [-0.15, -0.1) is 0 Å². The van der Waals surface area contributed by atoms with Gasteiger partial charge in [0.05, 0.1) is 38.6 Å². The van der Waals surface area contributed by atoms with E-state index in [4.69, 9.17) is 28.4 Å². The molecule has 3 heterocycles. The topological polar surface area (TPSA) is 307 Å². The van der Waals surface area contributed by atoms with Crippen LogP contribution in [0.5, 0.6) is 0 Å². The van der Waals surface area contributed by atoms with E-state index in [0.29, 0.717) is 12.8 Å².